The van der Waals surface area contributed by atoms with E-state index in [0.717, 1.165) is 75.3 Å². The van der Waals surface area contributed by atoms with Crippen molar-refractivity contribution in [2.45, 2.75) is 102 Å². The first kappa shape index (κ1) is 42.8. The Morgan fingerprint density at radius 3 is 2.48 bits per heavy atom. The van der Waals surface area contributed by atoms with Crippen molar-refractivity contribution < 1.29 is 31.7 Å². The van der Waals surface area contributed by atoms with E-state index in [9.17, 15) is 32.1 Å². The van der Waals surface area contributed by atoms with Gasteiger partial charge in [0.2, 0.25) is 6.43 Å². The molecule has 0 atom stereocenters. The molecular formula is C48H57F2N7O6S. The van der Waals surface area contributed by atoms with Crippen molar-refractivity contribution in [1.82, 2.24) is 19.6 Å². The summed E-state index contributed by atoms with van der Waals surface area (Å²) in [6.45, 7) is 6.62. The van der Waals surface area contributed by atoms with Crippen LogP contribution in [0.4, 0.5) is 25.8 Å². The van der Waals surface area contributed by atoms with Crippen molar-refractivity contribution in [2.24, 2.45) is 28.1 Å². The van der Waals surface area contributed by atoms with E-state index in [-0.39, 0.29) is 22.4 Å². The van der Waals surface area contributed by atoms with Crippen LogP contribution < -0.4 is 19.7 Å². The second-order valence-corrected chi connectivity index (χ2v) is 21.8. The Bertz CT molecular complexity index is 2590. The molecule has 6 aliphatic carbocycles. The molecule has 7 aliphatic rings. The van der Waals surface area contributed by atoms with Crippen LogP contribution in [0.5, 0.6) is 11.5 Å². The van der Waals surface area contributed by atoms with E-state index < -0.39 is 43.3 Å². The van der Waals surface area contributed by atoms with Gasteiger partial charge in [-0.3, -0.25) is 19.8 Å². The fourth-order valence-electron chi connectivity index (χ4n) is 11.9. The molecule has 6 fully saturated rings. The number of halogens is 2. The third-order valence-corrected chi connectivity index (χ3v) is 17.2. The minimum atomic E-state index is -4.56. The number of aromatic amines is 1. The molecule has 1 saturated heterocycles. The monoisotopic (exact) mass is 897 g/mol. The number of hydrogen-bond acceptors (Lipinski definition) is 10. The molecule has 3 N–H and O–H groups in total. The van der Waals surface area contributed by atoms with Crippen molar-refractivity contribution in [3.8, 4) is 11.5 Å². The number of H-pyrrole nitrogens is 1. The van der Waals surface area contributed by atoms with E-state index >= 15 is 0 Å². The summed E-state index contributed by atoms with van der Waals surface area (Å²) in [4.78, 5) is 37.2. The summed E-state index contributed by atoms with van der Waals surface area (Å²) < 4.78 is 63.7. The largest absolute Gasteiger partial charge is 0.455 e. The van der Waals surface area contributed by atoms with Crippen LogP contribution in [0.2, 0.25) is 0 Å². The summed E-state index contributed by atoms with van der Waals surface area (Å²) in [6, 6.07) is 12.3. The van der Waals surface area contributed by atoms with Crippen molar-refractivity contribution in [3.05, 3.63) is 87.7 Å². The zero-order chi connectivity index (χ0) is 44.4. The number of rotatable bonds is 14. The number of alkyl halides is 2. The van der Waals surface area contributed by atoms with Gasteiger partial charge in [0, 0.05) is 74.1 Å². The molecule has 5 saturated carbocycles. The molecule has 3 heterocycles. The summed E-state index contributed by atoms with van der Waals surface area (Å²) in [5.74, 6) is 0.547. The van der Waals surface area contributed by atoms with Crippen LogP contribution in [0.1, 0.15) is 101 Å². The predicted octanol–water partition coefficient (Wildman–Crippen LogP) is 9.83. The molecule has 1 aliphatic heterocycles. The zero-order valence-electron chi connectivity index (χ0n) is 36.3. The predicted molar refractivity (Wildman–Crippen MR) is 241 cm³/mol. The molecular weight excluding hydrogens is 841 g/mol. The fourth-order valence-corrected chi connectivity index (χ4v) is 12.9. The van der Waals surface area contributed by atoms with Gasteiger partial charge < -0.3 is 19.9 Å². The number of nitro groups is 1. The molecule has 2 bridgehead atoms. The van der Waals surface area contributed by atoms with Gasteiger partial charge in [0.15, 0.2) is 0 Å². The lowest BCUT2D eigenvalue weighted by atomic mass is 9.31. The van der Waals surface area contributed by atoms with Gasteiger partial charge in [0.05, 0.1) is 21.6 Å². The molecule has 2 aromatic heterocycles. The highest BCUT2D eigenvalue weighted by atomic mass is 32.2. The third kappa shape index (κ3) is 8.02. The van der Waals surface area contributed by atoms with Crippen molar-refractivity contribution in [3.63, 3.8) is 0 Å². The number of ether oxygens (including phenoxy) is 1. The number of aromatic nitrogens is 2. The van der Waals surface area contributed by atoms with E-state index in [2.05, 4.69) is 36.7 Å². The Balaban J connectivity index is 0.851. The number of benzene rings is 2. The van der Waals surface area contributed by atoms with Crippen molar-refractivity contribution >= 4 is 44.0 Å². The number of hydrogen-bond donors (Lipinski definition) is 3. The van der Waals surface area contributed by atoms with Crippen molar-refractivity contribution in [2.75, 3.05) is 49.5 Å². The topological polar surface area (TPSA) is 163 Å². The van der Waals surface area contributed by atoms with E-state index in [4.69, 9.17) is 4.74 Å². The molecule has 340 valence electrons. The van der Waals surface area contributed by atoms with Gasteiger partial charge in [-0.1, -0.05) is 37.3 Å². The molecule has 16 heteroatoms. The van der Waals surface area contributed by atoms with Crippen LogP contribution in [0.15, 0.2) is 77.0 Å². The molecule has 11 rings (SSSR count). The van der Waals surface area contributed by atoms with Gasteiger partial charge in [-0.15, -0.1) is 0 Å². The maximum absolute atomic E-state index is 14.0. The molecule has 1 spiro atoms. The Hall–Kier alpha value is -5.09. The normalized spacial score (nSPS) is 26.6. The number of carbonyl (C=O) groups excluding carboxylic acids is 1. The van der Waals surface area contributed by atoms with E-state index in [1.807, 2.05) is 6.07 Å². The number of nitro benzene ring substituents is 1. The molecule has 0 radical (unpaired) electrons. The maximum Gasteiger partial charge on any atom is 0.293 e. The highest BCUT2D eigenvalue weighted by Crippen LogP contribution is 2.80. The fraction of sp³-hybridized carbons (Fsp3) is 0.542. The highest BCUT2D eigenvalue weighted by molar-refractivity contribution is 7.90. The second-order valence-electron chi connectivity index (χ2n) is 20.1. The maximum atomic E-state index is 14.0. The molecule has 64 heavy (non-hydrogen) atoms. The SMILES string of the molecule is CC1CCC(CNc2ccc(S(=O)(=O)NC(=O)c3ccc(N4CCN(CC5=C(C67CC(C(F)F)(C6)C7)CC6(CCC6)CC5)CC4)cc3Oc3cnc4[nH]ccc4c3)cc2[N+](=O)[O-])CC1. The number of sulfonamides is 1. The number of allylic oxidation sites excluding steroid dienone is 1. The highest BCUT2D eigenvalue weighted by Gasteiger charge is 2.73. The minimum Gasteiger partial charge on any atom is -0.455 e. The van der Waals surface area contributed by atoms with Gasteiger partial charge in [0.1, 0.15) is 22.8 Å². The van der Waals surface area contributed by atoms with Gasteiger partial charge in [-0.25, -0.2) is 26.9 Å². The van der Waals surface area contributed by atoms with E-state index in [1.54, 1.807) is 24.4 Å². The smallest absolute Gasteiger partial charge is 0.293 e. The molecule has 13 nitrogen and oxygen atoms in total. The number of anilines is 2. The van der Waals surface area contributed by atoms with Crippen LogP contribution in [0.3, 0.4) is 0 Å². The quantitative estimate of drug-likeness (QED) is 0.0631. The van der Waals surface area contributed by atoms with Gasteiger partial charge in [0.25, 0.3) is 21.6 Å². The minimum absolute atomic E-state index is 0.00543. The average molecular weight is 898 g/mol. The Morgan fingerprint density at radius 1 is 1.02 bits per heavy atom. The average Bonchev–Trinajstić information content (AvgIpc) is 3.70. The Morgan fingerprint density at radius 2 is 1.78 bits per heavy atom. The van der Waals surface area contributed by atoms with Crippen molar-refractivity contribution in [1.29, 1.82) is 0 Å². The number of amides is 1. The second kappa shape index (κ2) is 16.4. The summed E-state index contributed by atoms with van der Waals surface area (Å²) >= 11 is 0. The van der Waals surface area contributed by atoms with Gasteiger partial charge in [-0.2, -0.15) is 0 Å². The zero-order valence-corrected chi connectivity index (χ0v) is 37.2. The lowest BCUT2D eigenvalue weighted by molar-refractivity contribution is -0.384. The van der Waals surface area contributed by atoms with Gasteiger partial charge >= 0.3 is 0 Å². The number of pyridine rings is 1. The van der Waals surface area contributed by atoms with E-state index in [0.29, 0.717) is 67.5 Å². The number of piperazine rings is 1. The molecule has 2 aromatic carbocycles. The Labute approximate surface area is 372 Å². The van der Waals surface area contributed by atoms with Gasteiger partial charge in [-0.05, 0) is 123 Å². The summed E-state index contributed by atoms with van der Waals surface area (Å²) in [5.41, 5.74) is 3.87. The lowest BCUT2D eigenvalue weighted by Crippen LogP contribution is -2.66. The first-order valence-electron chi connectivity index (χ1n) is 23.0. The van der Waals surface area contributed by atoms with Crippen LogP contribution >= 0.6 is 0 Å². The number of carbonyl (C=O) groups is 1. The number of fused-ring (bicyclic) bond motifs is 1. The first-order chi connectivity index (χ1) is 30.7. The van der Waals surface area contributed by atoms with E-state index in [1.165, 1.54) is 61.2 Å². The molecule has 0 unspecified atom stereocenters. The molecule has 4 aromatic rings. The standard InChI is InChI=1S/C48H57F2N7O6S/c1-31-3-5-32(6-4-31)25-52-40-10-8-37(23-41(40)57(59)60)64(61,62)54-44(58)38-9-7-35(22-42(38)63-36-21-33-12-16-51-43(33)53-26-36)56-19-17-55(18-20-56)27-34-11-15-46(13-2-14-46)24-39(34)47-28-48(29-47,30-47)45(49)50/h7-10,12,16,21-23,26,31-32,45,52H,2-6,11,13-15,17-20,24-25,27-30H2,1H3,(H,51,53)(H,54,58). The summed E-state index contributed by atoms with van der Waals surface area (Å²) in [5, 5.41) is 16.1. The molecule has 1 amide bonds. The van der Waals surface area contributed by atoms with Crippen LogP contribution in [-0.4, -0.2) is 79.8 Å². The van der Waals surface area contributed by atoms with Crippen LogP contribution in [-0.2, 0) is 10.0 Å². The first-order valence-corrected chi connectivity index (χ1v) is 24.5. The lowest BCUT2D eigenvalue weighted by Gasteiger charge is -2.72. The number of nitrogens with one attached hydrogen (secondary N) is 3. The summed E-state index contributed by atoms with van der Waals surface area (Å²) in [7, 11) is -4.56. The van der Waals surface area contributed by atoms with Crippen LogP contribution in [0.25, 0.3) is 11.0 Å². The number of nitrogens with zero attached hydrogens (tertiary/aromatic N) is 4. The van der Waals surface area contributed by atoms with Crippen LogP contribution in [0, 0.1) is 38.2 Å². The third-order valence-electron chi connectivity index (χ3n) is 15.9. The summed E-state index contributed by atoms with van der Waals surface area (Å²) in [6.07, 6.45) is 14.4. The Kier molecular flexibility index (Phi) is 11.0.